The number of aromatic nitrogens is 3. The third-order valence-electron chi connectivity index (χ3n) is 3.49. The van der Waals surface area contributed by atoms with E-state index in [0.29, 0.717) is 17.2 Å². The molecule has 23 heavy (non-hydrogen) atoms. The number of fused-ring (bicyclic) bond motifs is 1. The molecule has 0 saturated carbocycles. The zero-order valence-corrected chi connectivity index (χ0v) is 13.5. The van der Waals surface area contributed by atoms with Gasteiger partial charge in [-0.1, -0.05) is 6.07 Å². The van der Waals surface area contributed by atoms with Gasteiger partial charge in [-0.3, -0.25) is 0 Å². The van der Waals surface area contributed by atoms with Crippen molar-refractivity contribution in [1.29, 1.82) is 0 Å². The Labute approximate surface area is 134 Å². The first-order valence-electron chi connectivity index (χ1n) is 6.91. The molecular formula is C15H16N4O3S. The van der Waals surface area contributed by atoms with E-state index in [2.05, 4.69) is 14.7 Å². The summed E-state index contributed by atoms with van der Waals surface area (Å²) >= 11 is 0. The molecular weight excluding hydrogens is 316 g/mol. The fraction of sp³-hybridized carbons (Fsp3) is 0.200. The first-order chi connectivity index (χ1) is 11.0. The quantitative estimate of drug-likeness (QED) is 0.764. The van der Waals surface area contributed by atoms with Gasteiger partial charge in [0.1, 0.15) is 17.1 Å². The van der Waals surface area contributed by atoms with Crippen molar-refractivity contribution < 1.29 is 13.2 Å². The molecule has 0 aliphatic rings. The molecule has 1 aromatic carbocycles. The van der Waals surface area contributed by atoms with Gasteiger partial charge in [0.2, 0.25) is 10.0 Å². The average Bonchev–Trinajstić information content (AvgIpc) is 2.90. The van der Waals surface area contributed by atoms with Gasteiger partial charge in [-0.15, -0.1) is 0 Å². The SMILES string of the molecule is COc1cccc(S(=O)(=O)NCc2nc3cccnc3n2C)c1. The van der Waals surface area contributed by atoms with Crippen molar-refractivity contribution in [3.8, 4) is 5.75 Å². The smallest absolute Gasteiger partial charge is 0.241 e. The van der Waals surface area contributed by atoms with E-state index >= 15 is 0 Å². The van der Waals surface area contributed by atoms with Crippen LogP contribution in [0.3, 0.4) is 0 Å². The number of methoxy groups -OCH3 is 1. The van der Waals surface area contributed by atoms with E-state index in [4.69, 9.17) is 4.74 Å². The summed E-state index contributed by atoms with van der Waals surface area (Å²) in [7, 11) is -0.354. The maximum absolute atomic E-state index is 12.4. The number of nitrogens with zero attached hydrogens (tertiary/aromatic N) is 3. The van der Waals surface area contributed by atoms with Crippen LogP contribution in [0, 0.1) is 0 Å². The third-order valence-corrected chi connectivity index (χ3v) is 4.89. The van der Waals surface area contributed by atoms with Crippen molar-refractivity contribution in [2.75, 3.05) is 7.11 Å². The van der Waals surface area contributed by atoms with Crippen molar-refractivity contribution in [1.82, 2.24) is 19.3 Å². The van der Waals surface area contributed by atoms with Gasteiger partial charge in [0.15, 0.2) is 5.65 Å². The normalized spacial score (nSPS) is 11.7. The van der Waals surface area contributed by atoms with E-state index < -0.39 is 10.0 Å². The van der Waals surface area contributed by atoms with Crippen LogP contribution >= 0.6 is 0 Å². The number of sulfonamides is 1. The lowest BCUT2D eigenvalue weighted by atomic mass is 10.3. The minimum atomic E-state index is -3.65. The molecule has 120 valence electrons. The summed E-state index contributed by atoms with van der Waals surface area (Å²) < 4.78 is 34.1. The summed E-state index contributed by atoms with van der Waals surface area (Å²) in [6.45, 7) is 0.0758. The molecule has 2 heterocycles. The Kier molecular flexibility index (Phi) is 4.01. The molecule has 0 radical (unpaired) electrons. The van der Waals surface area contributed by atoms with Gasteiger partial charge in [-0.05, 0) is 24.3 Å². The van der Waals surface area contributed by atoms with Gasteiger partial charge in [0.05, 0.1) is 18.6 Å². The van der Waals surface area contributed by atoms with Gasteiger partial charge in [0, 0.05) is 19.3 Å². The van der Waals surface area contributed by atoms with E-state index in [1.807, 2.05) is 6.07 Å². The molecule has 1 N–H and O–H groups in total. The molecule has 2 aromatic heterocycles. The van der Waals surface area contributed by atoms with Crippen molar-refractivity contribution in [3.63, 3.8) is 0 Å². The van der Waals surface area contributed by atoms with E-state index in [-0.39, 0.29) is 11.4 Å². The van der Waals surface area contributed by atoms with Crippen LogP contribution in [0.1, 0.15) is 5.82 Å². The Balaban J connectivity index is 1.84. The number of imidazole rings is 1. The van der Waals surface area contributed by atoms with Crippen molar-refractivity contribution >= 4 is 21.2 Å². The summed E-state index contributed by atoms with van der Waals surface area (Å²) in [5.41, 5.74) is 1.44. The third kappa shape index (κ3) is 3.03. The number of hydrogen-bond donors (Lipinski definition) is 1. The standard InChI is InChI=1S/C15H16N4O3S/c1-19-14(18-13-7-4-8-16-15(13)19)10-17-23(20,21)12-6-3-5-11(9-12)22-2/h3-9,17H,10H2,1-2H3. The number of benzene rings is 1. The average molecular weight is 332 g/mol. The first kappa shape index (κ1) is 15.4. The van der Waals surface area contributed by atoms with E-state index in [0.717, 1.165) is 5.52 Å². The molecule has 0 aliphatic carbocycles. The van der Waals surface area contributed by atoms with Crippen LogP contribution in [0.2, 0.25) is 0 Å². The zero-order chi connectivity index (χ0) is 16.4. The molecule has 7 nitrogen and oxygen atoms in total. The topological polar surface area (TPSA) is 86.1 Å². The summed E-state index contributed by atoms with van der Waals surface area (Å²) in [6, 6.07) is 9.94. The van der Waals surface area contributed by atoms with Crippen LogP contribution in [-0.4, -0.2) is 30.1 Å². The highest BCUT2D eigenvalue weighted by Crippen LogP contribution is 2.17. The summed E-state index contributed by atoms with van der Waals surface area (Å²) in [6.07, 6.45) is 1.67. The maximum atomic E-state index is 12.4. The lowest BCUT2D eigenvalue weighted by Crippen LogP contribution is -2.24. The fourth-order valence-corrected chi connectivity index (χ4v) is 3.25. The van der Waals surface area contributed by atoms with Gasteiger partial charge < -0.3 is 9.30 Å². The van der Waals surface area contributed by atoms with E-state index in [1.54, 1.807) is 36.0 Å². The molecule has 8 heteroatoms. The van der Waals surface area contributed by atoms with Crippen LogP contribution in [-0.2, 0) is 23.6 Å². The largest absolute Gasteiger partial charge is 0.497 e. The summed E-state index contributed by atoms with van der Waals surface area (Å²) in [4.78, 5) is 8.77. The van der Waals surface area contributed by atoms with Gasteiger partial charge in [-0.25, -0.2) is 23.1 Å². The van der Waals surface area contributed by atoms with Crippen molar-refractivity contribution in [2.45, 2.75) is 11.4 Å². The number of nitrogens with one attached hydrogen (secondary N) is 1. The lowest BCUT2D eigenvalue weighted by molar-refractivity contribution is 0.413. The second kappa shape index (κ2) is 5.98. The molecule has 0 aliphatic heterocycles. The van der Waals surface area contributed by atoms with E-state index in [1.165, 1.54) is 19.2 Å². The van der Waals surface area contributed by atoms with Gasteiger partial charge >= 0.3 is 0 Å². The van der Waals surface area contributed by atoms with Gasteiger partial charge in [0.25, 0.3) is 0 Å². The molecule has 0 saturated heterocycles. The number of aryl methyl sites for hydroxylation is 1. The molecule has 0 unspecified atom stereocenters. The van der Waals surface area contributed by atoms with Gasteiger partial charge in [-0.2, -0.15) is 0 Å². The Morgan fingerprint density at radius 3 is 2.83 bits per heavy atom. The second-order valence-corrected chi connectivity index (χ2v) is 6.70. The highest BCUT2D eigenvalue weighted by Gasteiger charge is 2.16. The lowest BCUT2D eigenvalue weighted by Gasteiger charge is -2.08. The molecule has 0 atom stereocenters. The Bertz CT molecular complexity index is 950. The second-order valence-electron chi connectivity index (χ2n) is 4.94. The summed E-state index contributed by atoms with van der Waals surface area (Å²) in [5, 5.41) is 0. The number of pyridine rings is 1. The van der Waals surface area contributed by atoms with Crippen LogP contribution in [0.15, 0.2) is 47.5 Å². The number of hydrogen-bond acceptors (Lipinski definition) is 5. The maximum Gasteiger partial charge on any atom is 0.241 e. The molecule has 0 bridgehead atoms. The molecule has 0 spiro atoms. The molecule has 0 fully saturated rings. The van der Waals surface area contributed by atoms with Crippen LogP contribution < -0.4 is 9.46 Å². The molecule has 3 aromatic rings. The predicted molar refractivity (Wildman–Crippen MR) is 85.5 cm³/mol. The van der Waals surface area contributed by atoms with Crippen molar-refractivity contribution in [2.24, 2.45) is 7.05 Å². The van der Waals surface area contributed by atoms with Crippen LogP contribution in [0.5, 0.6) is 5.75 Å². The summed E-state index contributed by atoms with van der Waals surface area (Å²) in [5.74, 6) is 1.07. The van der Waals surface area contributed by atoms with Crippen LogP contribution in [0.25, 0.3) is 11.2 Å². The van der Waals surface area contributed by atoms with E-state index in [9.17, 15) is 8.42 Å². The Hall–Kier alpha value is -2.45. The Morgan fingerprint density at radius 2 is 2.09 bits per heavy atom. The monoisotopic (exact) mass is 332 g/mol. The Morgan fingerprint density at radius 1 is 1.26 bits per heavy atom. The first-order valence-corrected chi connectivity index (χ1v) is 8.39. The highest BCUT2D eigenvalue weighted by molar-refractivity contribution is 7.89. The minimum absolute atomic E-state index is 0.0758. The predicted octanol–water partition coefficient (Wildman–Crippen LogP) is 1.46. The minimum Gasteiger partial charge on any atom is -0.497 e. The zero-order valence-electron chi connectivity index (χ0n) is 12.7. The fourth-order valence-electron chi connectivity index (χ4n) is 2.24. The molecule has 3 rings (SSSR count). The number of rotatable bonds is 5. The van der Waals surface area contributed by atoms with Crippen LogP contribution in [0.4, 0.5) is 0 Å². The number of ether oxygens (including phenoxy) is 1. The highest BCUT2D eigenvalue weighted by atomic mass is 32.2. The van der Waals surface area contributed by atoms with Crippen molar-refractivity contribution in [3.05, 3.63) is 48.4 Å². The molecule has 0 amide bonds.